The van der Waals surface area contributed by atoms with Crippen LogP contribution in [0.3, 0.4) is 0 Å². The van der Waals surface area contributed by atoms with E-state index >= 15 is 0 Å². The molecule has 1 aromatic heterocycles. The van der Waals surface area contributed by atoms with Gasteiger partial charge in [0.15, 0.2) is 5.82 Å². The highest BCUT2D eigenvalue weighted by molar-refractivity contribution is 5.76. The van der Waals surface area contributed by atoms with Crippen LogP contribution in [0.2, 0.25) is 0 Å². The van der Waals surface area contributed by atoms with E-state index in [1.807, 2.05) is 6.07 Å². The fourth-order valence-electron chi connectivity index (χ4n) is 2.93. The molecule has 0 aliphatic heterocycles. The molecule has 4 nitrogen and oxygen atoms in total. The summed E-state index contributed by atoms with van der Waals surface area (Å²) in [5, 5.41) is 17.0. The van der Waals surface area contributed by atoms with Crippen LogP contribution in [-0.2, 0) is 0 Å². The summed E-state index contributed by atoms with van der Waals surface area (Å²) in [4.78, 5) is 4.33. The first-order chi connectivity index (χ1) is 14.1. The number of nitrogens with zero attached hydrogens (tertiary/aromatic N) is 4. The van der Waals surface area contributed by atoms with Crippen molar-refractivity contribution in [2.24, 2.45) is 0 Å². The molecule has 0 aliphatic rings. The Hall–Kier alpha value is -4.05. The lowest BCUT2D eigenvalue weighted by Gasteiger charge is -2.09. The molecule has 0 spiro atoms. The number of halogens is 3. The summed E-state index contributed by atoms with van der Waals surface area (Å²) < 4.78 is 42.0. The third kappa shape index (κ3) is 3.56. The third-order valence-electron chi connectivity index (χ3n) is 4.33. The minimum atomic E-state index is -0.587. The minimum Gasteiger partial charge on any atom is -0.225 e. The second kappa shape index (κ2) is 7.52. The van der Waals surface area contributed by atoms with Gasteiger partial charge in [-0.05, 0) is 42.5 Å². The van der Waals surface area contributed by atoms with Crippen molar-refractivity contribution in [1.82, 2.24) is 15.2 Å². The fraction of sp³-hybridized carbons (Fsp3) is 0. The molecule has 0 saturated carbocycles. The quantitative estimate of drug-likeness (QED) is 0.486. The van der Waals surface area contributed by atoms with Crippen LogP contribution < -0.4 is 0 Å². The number of nitriles is 1. The molecule has 3 aromatic carbocycles. The van der Waals surface area contributed by atoms with Gasteiger partial charge in [-0.3, -0.25) is 0 Å². The summed E-state index contributed by atoms with van der Waals surface area (Å²) in [6, 6.07) is 15.6. The molecular weight excluding hydrogens is 377 g/mol. The largest absolute Gasteiger partial charge is 0.225 e. The third-order valence-corrected chi connectivity index (χ3v) is 4.33. The Balaban J connectivity index is 1.83. The molecule has 0 bridgehead atoms. The van der Waals surface area contributed by atoms with Gasteiger partial charge in [-0.25, -0.2) is 18.2 Å². The van der Waals surface area contributed by atoms with Crippen molar-refractivity contribution in [2.45, 2.75) is 0 Å². The zero-order valence-electron chi connectivity index (χ0n) is 14.8. The number of benzene rings is 3. The molecule has 7 heteroatoms. The summed E-state index contributed by atoms with van der Waals surface area (Å²) in [7, 11) is 0. The van der Waals surface area contributed by atoms with E-state index < -0.39 is 17.5 Å². The smallest absolute Gasteiger partial charge is 0.185 e. The Morgan fingerprint density at radius 2 is 1.59 bits per heavy atom. The van der Waals surface area contributed by atoms with Crippen LogP contribution in [0.5, 0.6) is 0 Å². The minimum absolute atomic E-state index is 0.00825. The molecule has 0 fully saturated rings. The van der Waals surface area contributed by atoms with Crippen LogP contribution in [-0.4, -0.2) is 15.2 Å². The Bertz CT molecular complexity index is 1270. The molecule has 0 atom stereocenters. The van der Waals surface area contributed by atoms with Gasteiger partial charge in [0.25, 0.3) is 0 Å². The van der Waals surface area contributed by atoms with E-state index in [2.05, 4.69) is 15.2 Å². The lowest BCUT2D eigenvalue weighted by Crippen LogP contribution is -1.97. The van der Waals surface area contributed by atoms with Crippen molar-refractivity contribution in [2.75, 3.05) is 0 Å². The average Bonchev–Trinajstić information content (AvgIpc) is 2.74. The van der Waals surface area contributed by atoms with E-state index in [4.69, 9.17) is 0 Å². The van der Waals surface area contributed by atoms with Crippen molar-refractivity contribution in [1.29, 1.82) is 5.26 Å². The number of rotatable bonds is 3. The van der Waals surface area contributed by atoms with E-state index in [0.717, 1.165) is 12.1 Å². The first kappa shape index (κ1) is 18.3. The van der Waals surface area contributed by atoms with Crippen molar-refractivity contribution >= 4 is 0 Å². The van der Waals surface area contributed by atoms with Gasteiger partial charge in [0, 0.05) is 16.7 Å². The summed E-state index contributed by atoms with van der Waals surface area (Å²) in [5.74, 6) is -1.56. The maximum absolute atomic E-state index is 14.5. The number of hydrogen-bond donors (Lipinski definition) is 0. The predicted octanol–water partition coefficient (Wildman–Crippen LogP) is 5.16. The summed E-state index contributed by atoms with van der Waals surface area (Å²) in [6.07, 6.45) is 1.37. The normalized spacial score (nSPS) is 10.6. The van der Waals surface area contributed by atoms with Crippen LogP contribution in [0.1, 0.15) is 5.56 Å². The lowest BCUT2D eigenvalue weighted by atomic mass is 9.97. The molecule has 140 valence electrons. The van der Waals surface area contributed by atoms with Gasteiger partial charge in [0.05, 0.1) is 29.1 Å². The second-order valence-corrected chi connectivity index (χ2v) is 6.14. The highest BCUT2D eigenvalue weighted by Gasteiger charge is 2.15. The standard InChI is InChI=1S/C22H11F3N4/c23-15-6-7-16(14(9-15)11-26)18-10-13(5-8-20(18)25)21-12-27-29-22(28-21)17-3-1-2-4-19(17)24/h1-10,12H. The van der Waals surface area contributed by atoms with Crippen LogP contribution in [0.25, 0.3) is 33.8 Å². The molecule has 4 aromatic rings. The van der Waals surface area contributed by atoms with Gasteiger partial charge in [-0.1, -0.05) is 18.2 Å². The first-order valence-electron chi connectivity index (χ1n) is 8.51. The SMILES string of the molecule is N#Cc1cc(F)ccc1-c1cc(-c2cnnc(-c3ccccc3F)n2)ccc1F. The van der Waals surface area contributed by atoms with E-state index in [-0.39, 0.29) is 28.1 Å². The lowest BCUT2D eigenvalue weighted by molar-refractivity contribution is 0.625. The molecule has 29 heavy (non-hydrogen) atoms. The molecular formula is C22H11F3N4. The van der Waals surface area contributed by atoms with Crippen LogP contribution in [0, 0.1) is 28.8 Å². The van der Waals surface area contributed by atoms with E-state index in [1.54, 1.807) is 12.1 Å². The Kier molecular flexibility index (Phi) is 4.75. The molecule has 0 amide bonds. The summed E-state index contributed by atoms with van der Waals surface area (Å²) in [6.45, 7) is 0. The fourth-order valence-corrected chi connectivity index (χ4v) is 2.93. The summed E-state index contributed by atoms with van der Waals surface area (Å²) >= 11 is 0. The maximum atomic E-state index is 14.5. The average molecular weight is 388 g/mol. The van der Waals surface area contributed by atoms with Gasteiger partial charge in [-0.15, -0.1) is 5.10 Å². The monoisotopic (exact) mass is 388 g/mol. The van der Waals surface area contributed by atoms with E-state index in [0.29, 0.717) is 11.3 Å². The summed E-state index contributed by atoms with van der Waals surface area (Å²) in [5.41, 5.74) is 1.40. The highest BCUT2D eigenvalue weighted by atomic mass is 19.1. The van der Waals surface area contributed by atoms with Gasteiger partial charge in [-0.2, -0.15) is 10.4 Å². The Morgan fingerprint density at radius 3 is 2.38 bits per heavy atom. The molecule has 0 saturated heterocycles. The number of hydrogen-bond acceptors (Lipinski definition) is 4. The van der Waals surface area contributed by atoms with Crippen LogP contribution in [0.4, 0.5) is 13.2 Å². The van der Waals surface area contributed by atoms with Crippen molar-refractivity contribution < 1.29 is 13.2 Å². The second-order valence-electron chi connectivity index (χ2n) is 6.14. The van der Waals surface area contributed by atoms with E-state index in [1.165, 1.54) is 42.6 Å². The van der Waals surface area contributed by atoms with Gasteiger partial charge >= 0.3 is 0 Å². The molecule has 0 aliphatic carbocycles. The predicted molar refractivity (Wildman–Crippen MR) is 101 cm³/mol. The van der Waals surface area contributed by atoms with Crippen molar-refractivity contribution in [3.8, 4) is 39.8 Å². The molecule has 1 heterocycles. The molecule has 0 unspecified atom stereocenters. The molecule has 0 radical (unpaired) electrons. The van der Waals surface area contributed by atoms with Crippen molar-refractivity contribution in [3.63, 3.8) is 0 Å². The van der Waals surface area contributed by atoms with Gasteiger partial charge in [0.2, 0.25) is 0 Å². The van der Waals surface area contributed by atoms with Gasteiger partial charge in [0.1, 0.15) is 17.5 Å². The maximum Gasteiger partial charge on any atom is 0.185 e. The Morgan fingerprint density at radius 1 is 0.793 bits per heavy atom. The Labute approximate surface area is 163 Å². The van der Waals surface area contributed by atoms with Gasteiger partial charge < -0.3 is 0 Å². The highest BCUT2D eigenvalue weighted by Crippen LogP contribution is 2.31. The molecule has 0 N–H and O–H groups in total. The van der Waals surface area contributed by atoms with Crippen molar-refractivity contribution in [3.05, 3.63) is 89.9 Å². The van der Waals surface area contributed by atoms with E-state index in [9.17, 15) is 18.4 Å². The zero-order valence-corrected chi connectivity index (χ0v) is 14.8. The first-order valence-corrected chi connectivity index (χ1v) is 8.51. The zero-order chi connectivity index (χ0) is 20.4. The number of aromatic nitrogens is 3. The van der Waals surface area contributed by atoms with Crippen LogP contribution in [0.15, 0.2) is 66.9 Å². The molecule has 4 rings (SSSR count). The topological polar surface area (TPSA) is 62.5 Å². The van der Waals surface area contributed by atoms with Crippen LogP contribution >= 0.6 is 0 Å².